The third kappa shape index (κ3) is 2.75. The van der Waals surface area contributed by atoms with Crippen LogP contribution in [0.5, 0.6) is 0 Å². The van der Waals surface area contributed by atoms with Gasteiger partial charge in [-0.1, -0.05) is 25.1 Å². The van der Waals surface area contributed by atoms with Gasteiger partial charge >= 0.3 is 0 Å². The highest BCUT2D eigenvalue weighted by atomic mass is 32.1. The first-order valence-electron chi connectivity index (χ1n) is 9.58. The first kappa shape index (κ1) is 17.5. The Labute approximate surface area is 165 Å². The molecule has 4 aromatic rings. The Hall–Kier alpha value is -2.57. The molecule has 1 saturated heterocycles. The van der Waals surface area contributed by atoms with Crippen molar-refractivity contribution in [2.75, 3.05) is 37.6 Å². The Kier molecular flexibility index (Phi) is 4.25. The smallest absolute Gasteiger partial charge is 0.196 e. The predicted octanol–water partition coefficient (Wildman–Crippen LogP) is 4.24. The molecule has 0 saturated carbocycles. The minimum atomic E-state index is -0.384. The molecule has 1 fully saturated rings. The fourth-order valence-corrected chi connectivity index (χ4v) is 5.20. The van der Waals surface area contributed by atoms with Crippen molar-refractivity contribution < 1.29 is 4.39 Å². The number of fused-ring (bicyclic) bond motifs is 4. The van der Waals surface area contributed by atoms with E-state index in [1.54, 1.807) is 6.07 Å². The molecule has 0 atom stereocenters. The third-order valence-electron chi connectivity index (χ3n) is 5.57. The van der Waals surface area contributed by atoms with Crippen LogP contribution in [0.3, 0.4) is 0 Å². The average molecular weight is 393 g/mol. The van der Waals surface area contributed by atoms with Crippen molar-refractivity contribution in [3.8, 4) is 0 Å². The van der Waals surface area contributed by atoms with Crippen molar-refractivity contribution in [2.24, 2.45) is 0 Å². The van der Waals surface area contributed by atoms with E-state index in [1.807, 2.05) is 24.3 Å². The second-order valence-electron chi connectivity index (χ2n) is 7.15. The Balaban J connectivity index is 1.83. The summed E-state index contributed by atoms with van der Waals surface area (Å²) >= 11 is 1.53. The van der Waals surface area contributed by atoms with Gasteiger partial charge < -0.3 is 9.80 Å². The fourth-order valence-electron chi connectivity index (χ4n) is 4.01. The lowest BCUT2D eigenvalue weighted by atomic mass is 10.1. The Morgan fingerprint density at radius 3 is 2.64 bits per heavy atom. The van der Waals surface area contributed by atoms with Crippen LogP contribution in [-0.4, -0.2) is 42.6 Å². The van der Waals surface area contributed by atoms with Crippen LogP contribution in [0.2, 0.25) is 0 Å². The molecule has 1 aliphatic heterocycles. The summed E-state index contributed by atoms with van der Waals surface area (Å²) < 4.78 is 15.5. The van der Waals surface area contributed by atoms with Crippen LogP contribution in [0.4, 0.5) is 10.2 Å². The zero-order chi connectivity index (χ0) is 19.3. The number of benzene rings is 2. The topological polar surface area (TPSA) is 36.4 Å². The summed E-state index contributed by atoms with van der Waals surface area (Å²) in [6.45, 7) is 6.97. The van der Waals surface area contributed by atoms with Crippen LogP contribution >= 0.6 is 11.3 Å². The lowest BCUT2D eigenvalue weighted by Gasteiger charge is -2.35. The van der Waals surface area contributed by atoms with E-state index in [0.29, 0.717) is 10.8 Å². The van der Waals surface area contributed by atoms with Crippen molar-refractivity contribution in [3.63, 3.8) is 0 Å². The summed E-state index contributed by atoms with van der Waals surface area (Å²) in [7, 11) is 0. The molecular weight excluding hydrogens is 373 g/mol. The molecule has 0 amide bonds. The van der Waals surface area contributed by atoms with E-state index in [1.165, 1.54) is 23.5 Å². The number of rotatable bonds is 2. The molecule has 0 radical (unpaired) electrons. The molecule has 3 heterocycles. The molecule has 2 aromatic carbocycles. The number of aromatic nitrogens is 1. The van der Waals surface area contributed by atoms with E-state index < -0.39 is 0 Å². The lowest BCUT2D eigenvalue weighted by Crippen LogP contribution is -2.46. The van der Waals surface area contributed by atoms with Gasteiger partial charge in [0, 0.05) is 41.7 Å². The highest BCUT2D eigenvalue weighted by Gasteiger charge is 2.22. The van der Waals surface area contributed by atoms with E-state index >= 15 is 0 Å². The molecule has 2 aromatic heterocycles. The van der Waals surface area contributed by atoms with Gasteiger partial charge in [0.1, 0.15) is 11.6 Å². The quantitative estimate of drug-likeness (QED) is 0.377. The second kappa shape index (κ2) is 6.79. The van der Waals surface area contributed by atoms with Crippen molar-refractivity contribution >= 4 is 48.2 Å². The van der Waals surface area contributed by atoms with Gasteiger partial charge in [0.15, 0.2) is 5.43 Å². The van der Waals surface area contributed by atoms with E-state index in [4.69, 9.17) is 4.98 Å². The van der Waals surface area contributed by atoms with Crippen molar-refractivity contribution in [3.05, 3.63) is 58.5 Å². The number of likely N-dealkylation sites (N-methyl/N-ethyl adjacent to an activating group) is 1. The molecule has 0 spiro atoms. The Bertz CT molecular complexity index is 1260. The lowest BCUT2D eigenvalue weighted by molar-refractivity contribution is 0.271. The van der Waals surface area contributed by atoms with Crippen LogP contribution in [0, 0.1) is 5.82 Å². The Morgan fingerprint density at radius 1 is 1.07 bits per heavy atom. The van der Waals surface area contributed by atoms with E-state index in [-0.39, 0.29) is 11.2 Å². The molecule has 6 heteroatoms. The van der Waals surface area contributed by atoms with Gasteiger partial charge in [-0.25, -0.2) is 9.37 Å². The molecule has 142 valence electrons. The molecule has 4 nitrogen and oxygen atoms in total. The molecule has 28 heavy (non-hydrogen) atoms. The monoisotopic (exact) mass is 393 g/mol. The maximum atomic E-state index is 13.8. The number of piperazine rings is 1. The standard InChI is InChI=1S/C22H20FN3OS/c1-2-25-9-11-26(12-10-25)22-21-19(15-5-3-4-6-17(15)24-22)20(27)16-13-14(23)7-8-18(16)28-21/h3-8,13H,2,9-12H2,1H3. The first-order chi connectivity index (χ1) is 13.7. The molecule has 0 aliphatic carbocycles. The van der Waals surface area contributed by atoms with E-state index in [9.17, 15) is 9.18 Å². The van der Waals surface area contributed by atoms with Crippen LogP contribution in [0.1, 0.15) is 6.92 Å². The minimum Gasteiger partial charge on any atom is -0.353 e. The summed E-state index contributed by atoms with van der Waals surface area (Å²) in [6, 6.07) is 12.2. The van der Waals surface area contributed by atoms with Crippen LogP contribution in [-0.2, 0) is 0 Å². The molecule has 5 rings (SSSR count). The largest absolute Gasteiger partial charge is 0.353 e. The number of para-hydroxylation sites is 1. The van der Waals surface area contributed by atoms with Gasteiger partial charge in [-0.05, 0) is 30.8 Å². The van der Waals surface area contributed by atoms with Crippen LogP contribution in [0.25, 0.3) is 31.1 Å². The number of nitrogens with zero attached hydrogens (tertiary/aromatic N) is 3. The van der Waals surface area contributed by atoms with Gasteiger partial charge in [0.25, 0.3) is 0 Å². The molecule has 1 aliphatic rings. The van der Waals surface area contributed by atoms with Gasteiger partial charge in [-0.15, -0.1) is 11.3 Å². The summed E-state index contributed by atoms with van der Waals surface area (Å²) in [5, 5.41) is 1.93. The van der Waals surface area contributed by atoms with Crippen LogP contribution in [0.15, 0.2) is 47.3 Å². The zero-order valence-electron chi connectivity index (χ0n) is 15.6. The fraction of sp³-hybridized carbons (Fsp3) is 0.273. The number of anilines is 1. The zero-order valence-corrected chi connectivity index (χ0v) is 16.4. The highest BCUT2D eigenvalue weighted by molar-refractivity contribution is 7.25. The molecule has 0 N–H and O–H groups in total. The normalized spacial score (nSPS) is 15.7. The van der Waals surface area contributed by atoms with Crippen molar-refractivity contribution in [2.45, 2.75) is 6.92 Å². The first-order valence-corrected chi connectivity index (χ1v) is 10.4. The van der Waals surface area contributed by atoms with Crippen LogP contribution < -0.4 is 10.3 Å². The van der Waals surface area contributed by atoms with Gasteiger partial charge in [0.05, 0.1) is 15.6 Å². The Morgan fingerprint density at radius 2 is 1.86 bits per heavy atom. The second-order valence-corrected chi connectivity index (χ2v) is 8.20. The van der Waals surface area contributed by atoms with Crippen molar-refractivity contribution in [1.29, 1.82) is 0 Å². The summed E-state index contributed by atoms with van der Waals surface area (Å²) in [5.41, 5.74) is 0.693. The van der Waals surface area contributed by atoms with Gasteiger partial charge in [0.2, 0.25) is 0 Å². The summed E-state index contributed by atoms with van der Waals surface area (Å²) in [6.07, 6.45) is 0. The average Bonchev–Trinajstić information content (AvgIpc) is 2.74. The molecular formula is C22H20FN3OS. The molecule has 0 bridgehead atoms. The summed E-state index contributed by atoms with van der Waals surface area (Å²) in [5.74, 6) is 0.489. The molecule has 0 unspecified atom stereocenters. The third-order valence-corrected chi connectivity index (χ3v) is 6.74. The SMILES string of the molecule is CCN1CCN(c2nc3ccccc3c3c(=O)c4cc(F)ccc4sc23)CC1. The maximum Gasteiger partial charge on any atom is 0.196 e. The highest BCUT2D eigenvalue weighted by Crippen LogP contribution is 2.36. The van der Waals surface area contributed by atoms with E-state index in [0.717, 1.165) is 58.8 Å². The number of hydrogen-bond donors (Lipinski definition) is 0. The van der Waals surface area contributed by atoms with Gasteiger partial charge in [-0.3, -0.25) is 4.79 Å². The predicted molar refractivity (Wildman–Crippen MR) is 115 cm³/mol. The minimum absolute atomic E-state index is 0.115. The number of pyridine rings is 1. The summed E-state index contributed by atoms with van der Waals surface area (Å²) in [4.78, 5) is 23.0. The number of hydrogen-bond acceptors (Lipinski definition) is 5. The maximum absolute atomic E-state index is 13.8. The van der Waals surface area contributed by atoms with Gasteiger partial charge in [-0.2, -0.15) is 0 Å². The van der Waals surface area contributed by atoms with E-state index in [2.05, 4.69) is 16.7 Å². The van der Waals surface area contributed by atoms with Crippen molar-refractivity contribution in [1.82, 2.24) is 9.88 Å². The number of halogens is 1.